The van der Waals surface area contributed by atoms with Crippen LogP contribution in [-0.2, 0) is 0 Å². The fourth-order valence-corrected chi connectivity index (χ4v) is 3.29. The topological polar surface area (TPSA) is 16.1 Å². The van der Waals surface area contributed by atoms with Crippen LogP contribution in [0, 0.1) is 6.92 Å². The monoisotopic (exact) mass is 382 g/mol. The van der Waals surface area contributed by atoms with Gasteiger partial charge >= 0.3 is 0 Å². The molecule has 5 heteroatoms. The minimum atomic E-state index is 0. The number of nitrogens with zero attached hydrogens (tertiary/aromatic N) is 2. The van der Waals surface area contributed by atoms with Crippen molar-refractivity contribution in [3.05, 3.63) is 57.3 Å². The van der Waals surface area contributed by atoms with Crippen LogP contribution < -0.4 is 4.90 Å². The zero-order chi connectivity index (χ0) is 16.2. The number of benzene rings is 1. The van der Waals surface area contributed by atoms with Crippen LogP contribution in [0.15, 0.2) is 30.5 Å². The first kappa shape index (κ1) is 19.1. The highest BCUT2D eigenvalue weighted by atomic mass is 35.5. The Kier molecular flexibility index (Phi) is 6.97. The van der Waals surface area contributed by atoms with E-state index in [1.54, 1.807) is 6.07 Å². The smallest absolute Gasteiger partial charge is 0.0664 e. The second-order valence-corrected chi connectivity index (χ2v) is 6.70. The maximum absolute atomic E-state index is 6.23. The summed E-state index contributed by atoms with van der Waals surface area (Å²) in [5.41, 5.74) is 4.36. The van der Waals surface area contributed by atoms with E-state index >= 15 is 0 Å². The standard InChI is InChI=1S/C19H20Cl2N2.ClH/c1-14-13-22-16(12-18(14)23-10-3-2-4-11-23)9-8-15-6-5-7-17(20)19(15)21;/h5-9,12-13H,2-4,10-11H2,1H3;1H/b9-8-;. The number of halogens is 3. The maximum atomic E-state index is 6.23. The number of hydrogen-bond acceptors (Lipinski definition) is 2. The highest BCUT2D eigenvalue weighted by Gasteiger charge is 2.13. The Bertz CT molecular complexity index is 723. The Labute approximate surface area is 159 Å². The van der Waals surface area contributed by atoms with Gasteiger partial charge in [-0.1, -0.05) is 41.4 Å². The summed E-state index contributed by atoms with van der Waals surface area (Å²) in [6.45, 7) is 4.39. The Morgan fingerprint density at radius 1 is 1.08 bits per heavy atom. The van der Waals surface area contributed by atoms with Crippen molar-refractivity contribution in [2.24, 2.45) is 0 Å². The minimum Gasteiger partial charge on any atom is -0.371 e. The third-order valence-corrected chi connectivity index (χ3v) is 5.04. The van der Waals surface area contributed by atoms with Crippen LogP contribution in [0.2, 0.25) is 10.0 Å². The third kappa shape index (κ3) is 4.44. The number of hydrogen-bond donors (Lipinski definition) is 0. The summed E-state index contributed by atoms with van der Waals surface area (Å²) in [7, 11) is 0. The van der Waals surface area contributed by atoms with E-state index in [2.05, 4.69) is 22.9 Å². The van der Waals surface area contributed by atoms with E-state index in [0.29, 0.717) is 10.0 Å². The molecule has 0 amide bonds. The van der Waals surface area contributed by atoms with Crippen LogP contribution in [0.5, 0.6) is 0 Å². The molecule has 0 N–H and O–H groups in total. The van der Waals surface area contributed by atoms with Gasteiger partial charge in [-0.15, -0.1) is 12.4 Å². The number of aryl methyl sites for hydroxylation is 1. The van der Waals surface area contributed by atoms with Crippen molar-refractivity contribution in [2.75, 3.05) is 18.0 Å². The van der Waals surface area contributed by atoms with Gasteiger partial charge in [0.15, 0.2) is 0 Å². The zero-order valence-electron chi connectivity index (χ0n) is 13.6. The first-order valence-electron chi connectivity index (χ1n) is 7.99. The lowest BCUT2D eigenvalue weighted by Gasteiger charge is -2.30. The quantitative estimate of drug-likeness (QED) is 0.620. The largest absolute Gasteiger partial charge is 0.371 e. The van der Waals surface area contributed by atoms with Crippen molar-refractivity contribution in [3.8, 4) is 0 Å². The second-order valence-electron chi connectivity index (χ2n) is 5.92. The van der Waals surface area contributed by atoms with Crippen LogP contribution >= 0.6 is 35.6 Å². The molecule has 2 nitrogen and oxygen atoms in total. The summed E-state index contributed by atoms with van der Waals surface area (Å²) in [4.78, 5) is 6.97. The molecule has 128 valence electrons. The van der Waals surface area contributed by atoms with Gasteiger partial charge in [-0.25, -0.2) is 0 Å². The lowest BCUT2D eigenvalue weighted by molar-refractivity contribution is 0.577. The van der Waals surface area contributed by atoms with Crippen LogP contribution in [0.1, 0.15) is 36.1 Å². The Hall–Kier alpha value is -1.22. The molecule has 3 rings (SSSR count). The Morgan fingerprint density at radius 2 is 1.83 bits per heavy atom. The van der Waals surface area contributed by atoms with Crippen molar-refractivity contribution < 1.29 is 0 Å². The molecule has 1 saturated heterocycles. The molecular weight excluding hydrogens is 363 g/mol. The van der Waals surface area contributed by atoms with Crippen LogP contribution in [0.4, 0.5) is 5.69 Å². The molecule has 2 aromatic rings. The molecule has 1 aliphatic heterocycles. The fraction of sp³-hybridized carbons (Fsp3) is 0.316. The molecule has 0 radical (unpaired) electrons. The SMILES string of the molecule is Cc1cnc(/C=C\c2cccc(Cl)c2Cl)cc1N1CCCCC1.Cl. The molecular formula is C19H21Cl3N2. The van der Waals surface area contributed by atoms with Gasteiger partial charge < -0.3 is 4.90 Å². The molecule has 0 unspecified atom stereocenters. The number of rotatable bonds is 3. The molecule has 1 aromatic heterocycles. The molecule has 0 saturated carbocycles. The van der Waals surface area contributed by atoms with Gasteiger partial charge in [-0.2, -0.15) is 0 Å². The van der Waals surface area contributed by atoms with Crippen molar-refractivity contribution in [1.82, 2.24) is 4.98 Å². The van der Waals surface area contributed by atoms with E-state index in [1.165, 1.54) is 30.5 Å². The summed E-state index contributed by atoms with van der Waals surface area (Å²) in [5, 5.41) is 1.15. The molecule has 0 spiro atoms. The Balaban J connectivity index is 0.00000208. The normalized spacial score (nSPS) is 14.7. The summed E-state index contributed by atoms with van der Waals surface area (Å²) >= 11 is 12.3. The molecule has 2 heterocycles. The van der Waals surface area contributed by atoms with E-state index in [1.807, 2.05) is 30.5 Å². The van der Waals surface area contributed by atoms with E-state index in [4.69, 9.17) is 23.2 Å². The molecule has 0 aliphatic carbocycles. The lowest BCUT2D eigenvalue weighted by Crippen LogP contribution is -2.30. The zero-order valence-corrected chi connectivity index (χ0v) is 16.0. The van der Waals surface area contributed by atoms with Gasteiger partial charge in [0.25, 0.3) is 0 Å². The average molecular weight is 384 g/mol. The molecule has 1 fully saturated rings. The lowest BCUT2D eigenvalue weighted by atomic mass is 10.1. The first-order valence-corrected chi connectivity index (χ1v) is 8.74. The van der Waals surface area contributed by atoms with Gasteiger partial charge in [-0.05, 0) is 55.5 Å². The highest BCUT2D eigenvalue weighted by Crippen LogP contribution is 2.28. The van der Waals surface area contributed by atoms with E-state index in [-0.39, 0.29) is 12.4 Å². The summed E-state index contributed by atoms with van der Waals surface area (Å²) in [6.07, 6.45) is 9.77. The predicted octanol–water partition coefficient (Wildman–Crippen LogP) is 6.28. The van der Waals surface area contributed by atoms with E-state index in [0.717, 1.165) is 24.3 Å². The average Bonchev–Trinajstić information content (AvgIpc) is 2.58. The summed E-state index contributed by atoms with van der Waals surface area (Å²) < 4.78 is 0. The van der Waals surface area contributed by atoms with Gasteiger partial charge in [0.2, 0.25) is 0 Å². The van der Waals surface area contributed by atoms with Crippen molar-refractivity contribution >= 4 is 53.4 Å². The summed E-state index contributed by atoms with van der Waals surface area (Å²) in [5.74, 6) is 0. The number of piperidine rings is 1. The third-order valence-electron chi connectivity index (χ3n) is 4.21. The van der Waals surface area contributed by atoms with E-state index in [9.17, 15) is 0 Å². The van der Waals surface area contributed by atoms with Crippen LogP contribution in [0.25, 0.3) is 12.2 Å². The van der Waals surface area contributed by atoms with Gasteiger partial charge in [0.05, 0.1) is 15.7 Å². The second kappa shape index (κ2) is 8.75. The van der Waals surface area contributed by atoms with Crippen LogP contribution in [0.3, 0.4) is 0 Å². The fourth-order valence-electron chi connectivity index (χ4n) is 2.92. The van der Waals surface area contributed by atoms with Gasteiger partial charge in [0, 0.05) is 25.0 Å². The van der Waals surface area contributed by atoms with Gasteiger partial charge in [0.1, 0.15) is 0 Å². The molecule has 0 bridgehead atoms. The molecule has 1 aliphatic rings. The molecule has 1 aromatic carbocycles. The minimum absolute atomic E-state index is 0. The van der Waals surface area contributed by atoms with Crippen molar-refractivity contribution in [1.29, 1.82) is 0 Å². The van der Waals surface area contributed by atoms with Crippen LogP contribution in [-0.4, -0.2) is 18.1 Å². The maximum Gasteiger partial charge on any atom is 0.0664 e. The Morgan fingerprint density at radius 3 is 2.58 bits per heavy atom. The summed E-state index contributed by atoms with van der Waals surface area (Å²) in [6, 6.07) is 7.80. The van der Waals surface area contributed by atoms with Crippen molar-refractivity contribution in [2.45, 2.75) is 26.2 Å². The molecule has 24 heavy (non-hydrogen) atoms. The van der Waals surface area contributed by atoms with Crippen molar-refractivity contribution in [3.63, 3.8) is 0 Å². The highest BCUT2D eigenvalue weighted by molar-refractivity contribution is 6.42. The predicted molar refractivity (Wildman–Crippen MR) is 108 cm³/mol. The number of pyridine rings is 1. The number of aromatic nitrogens is 1. The van der Waals surface area contributed by atoms with E-state index < -0.39 is 0 Å². The first-order chi connectivity index (χ1) is 11.1. The number of anilines is 1. The van der Waals surface area contributed by atoms with Gasteiger partial charge in [-0.3, -0.25) is 4.98 Å². The molecule has 0 atom stereocenters.